The van der Waals surface area contributed by atoms with Crippen molar-refractivity contribution in [3.63, 3.8) is 0 Å². The second kappa shape index (κ2) is 7.77. The van der Waals surface area contributed by atoms with E-state index in [-0.39, 0.29) is 17.2 Å². The van der Waals surface area contributed by atoms with Crippen LogP contribution in [-0.2, 0) is 4.84 Å². The smallest absolute Gasteiger partial charge is 0.0742 e. The highest BCUT2D eigenvalue weighted by molar-refractivity contribution is 4.98. The molecule has 0 amide bonds. The molecule has 0 saturated carbocycles. The monoisotopic (exact) mass is 285 g/mol. The summed E-state index contributed by atoms with van der Waals surface area (Å²) in [4.78, 5) is 6.06. The van der Waals surface area contributed by atoms with Gasteiger partial charge in [0.25, 0.3) is 0 Å². The van der Waals surface area contributed by atoms with Crippen LogP contribution in [0.5, 0.6) is 0 Å². The molecule has 0 aromatic rings. The Hall–Kier alpha value is -0.120. The molecule has 1 heterocycles. The normalized spacial score (nSPS) is 25.8. The summed E-state index contributed by atoms with van der Waals surface area (Å²) in [6, 6.07) is 0. The summed E-state index contributed by atoms with van der Waals surface area (Å²) in [5, 5.41) is 12.3. The van der Waals surface area contributed by atoms with Crippen molar-refractivity contribution in [3.05, 3.63) is 0 Å². The number of hydrogen-bond acceptors (Lipinski definition) is 3. The van der Waals surface area contributed by atoms with E-state index in [9.17, 15) is 5.11 Å². The van der Waals surface area contributed by atoms with E-state index in [2.05, 4.69) is 39.7 Å². The molecule has 120 valence electrons. The first-order valence-electron chi connectivity index (χ1n) is 8.43. The minimum Gasteiger partial charge on any atom is -0.391 e. The van der Waals surface area contributed by atoms with Gasteiger partial charge in [0.05, 0.1) is 18.2 Å². The third-order valence-electron chi connectivity index (χ3n) is 4.64. The highest BCUT2D eigenvalue weighted by Crippen LogP contribution is 2.38. The number of unbranched alkanes of at least 4 members (excludes halogenated alkanes) is 5. The van der Waals surface area contributed by atoms with E-state index in [1.165, 1.54) is 32.1 Å². The third kappa shape index (κ3) is 4.71. The lowest BCUT2D eigenvalue weighted by Crippen LogP contribution is -2.64. The molecular formula is C17H35NO2. The number of aliphatic hydroxyl groups excluding tert-OH is 1. The lowest BCUT2D eigenvalue weighted by Gasteiger charge is -2.53. The molecule has 0 spiro atoms. The number of rotatable bonds is 8. The quantitative estimate of drug-likeness (QED) is 0.675. The molecule has 1 N–H and O–H groups in total. The highest BCUT2D eigenvalue weighted by atomic mass is 16.7. The molecule has 3 nitrogen and oxygen atoms in total. The van der Waals surface area contributed by atoms with Crippen LogP contribution < -0.4 is 0 Å². The molecule has 0 bridgehead atoms. The summed E-state index contributed by atoms with van der Waals surface area (Å²) < 4.78 is 0. The summed E-state index contributed by atoms with van der Waals surface area (Å²) >= 11 is 0. The third-order valence-corrected chi connectivity index (χ3v) is 4.64. The Morgan fingerprint density at radius 1 is 1.05 bits per heavy atom. The Balaban J connectivity index is 2.35. The van der Waals surface area contributed by atoms with E-state index in [1.54, 1.807) is 0 Å². The molecular weight excluding hydrogens is 250 g/mol. The van der Waals surface area contributed by atoms with Crippen LogP contribution in [0.4, 0.5) is 0 Å². The fourth-order valence-corrected chi connectivity index (χ4v) is 3.24. The SMILES string of the molecule is CCCCCCCCON1C(C)(C)CCC(O)C1(C)C. The van der Waals surface area contributed by atoms with Gasteiger partial charge in [0, 0.05) is 5.54 Å². The Kier molecular flexibility index (Phi) is 6.96. The van der Waals surface area contributed by atoms with Crippen molar-refractivity contribution in [2.24, 2.45) is 0 Å². The first-order chi connectivity index (χ1) is 9.32. The maximum atomic E-state index is 10.2. The van der Waals surface area contributed by atoms with Crippen LogP contribution in [0.15, 0.2) is 0 Å². The van der Waals surface area contributed by atoms with Gasteiger partial charge in [-0.2, -0.15) is 5.06 Å². The molecule has 3 heteroatoms. The highest BCUT2D eigenvalue weighted by Gasteiger charge is 2.47. The lowest BCUT2D eigenvalue weighted by atomic mass is 9.80. The van der Waals surface area contributed by atoms with Crippen LogP contribution in [0.25, 0.3) is 0 Å². The van der Waals surface area contributed by atoms with Crippen LogP contribution in [0, 0.1) is 0 Å². The maximum Gasteiger partial charge on any atom is 0.0742 e. The summed E-state index contributed by atoms with van der Waals surface area (Å²) in [6.45, 7) is 11.6. The van der Waals surface area contributed by atoms with Gasteiger partial charge < -0.3 is 5.11 Å². The molecule has 1 unspecified atom stereocenters. The fraction of sp³-hybridized carbons (Fsp3) is 1.00. The molecule has 1 atom stereocenters. The van der Waals surface area contributed by atoms with Crippen LogP contribution in [0.3, 0.4) is 0 Å². The average molecular weight is 285 g/mol. The molecule has 20 heavy (non-hydrogen) atoms. The molecule has 0 aliphatic carbocycles. The Bertz CT molecular complexity index is 276. The van der Waals surface area contributed by atoms with E-state index in [0.717, 1.165) is 25.9 Å². The number of nitrogens with zero attached hydrogens (tertiary/aromatic N) is 1. The first kappa shape index (κ1) is 17.9. The second-order valence-electron chi connectivity index (χ2n) is 7.42. The second-order valence-corrected chi connectivity index (χ2v) is 7.42. The molecule has 1 rings (SSSR count). The number of aliphatic hydroxyl groups is 1. The van der Waals surface area contributed by atoms with E-state index >= 15 is 0 Å². The predicted molar refractivity (Wildman–Crippen MR) is 84.6 cm³/mol. The average Bonchev–Trinajstić information content (AvgIpc) is 2.37. The van der Waals surface area contributed by atoms with Crippen molar-refractivity contribution in [1.29, 1.82) is 0 Å². The van der Waals surface area contributed by atoms with Gasteiger partial charge in [-0.3, -0.25) is 4.84 Å². The molecule has 1 aliphatic heterocycles. The van der Waals surface area contributed by atoms with Crippen molar-refractivity contribution in [3.8, 4) is 0 Å². The number of hydrogen-bond donors (Lipinski definition) is 1. The van der Waals surface area contributed by atoms with E-state index in [0.29, 0.717) is 0 Å². The molecule has 1 aliphatic rings. The number of piperidine rings is 1. The largest absolute Gasteiger partial charge is 0.391 e. The molecule has 0 aromatic carbocycles. The van der Waals surface area contributed by atoms with Crippen molar-refractivity contribution >= 4 is 0 Å². The minimum absolute atomic E-state index is 0.00490. The zero-order chi connectivity index (χ0) is 15.2. The van der Waals surface area contributed by atoms with Gasteiger partial charge in [0.15, 0.2) is 0 Å². The summed E-state index contributed by atoms with van der Waals surface area (Å²) in [7, 11) is 0. The summed E-state index contributed by atoms with van der Waals surface area (Å²) in [5.74, 6) is 0. The predicted octanol–water partition coefficient (Wildman–Crippen LogP) is 4.29. The lowest BCUT2D eigenvalue weighted by molar-refractivity contribution is -0.302. The molecule has 1 saturated heterocycles. The first-order valence-corrected chi connectivity index (χ1v) is 8.43. The van der Waals surface area contributed by atoms with Crippen LogP contribution in [0.1, 0.15) is 86.0 Å². The van der Waals surface area contributed by atoms with Gasteiger partial charge in [0.1, 0.15) is 0 Å². The van der Waals surface area contributed by atoms with Gasteiger partial charge in [-0.05, 0) is 47.0 Å². The summed E-state index contributed by atoms with van der Waals surface area (Å²) in [5.41, 5.74) is -0.297. The van der Waals surface area contributed by atoms with E-state index in [1.807, 2.05) is 0 Å². The van der Waals surface area contributed by atoms with Gasteiger partial charge in [-0.25, -0.2) is 0 Å². The van der Waals surface area contributed by atoms with Crippen LogP contribution in [-0.4, -0.2) is 34.0 Å². The molecule has 0 aromatic heterocycles. The topological polar surface area (TPSA) is 32.7 Å². The zero-order valence-corrected chi connectivity index (χ0v) is 14.2. The van der Waals surface area contributed by atoms with E-state index in [4.69, 9.17) is 4.84 Å². The Labute approximate surface area is 125 Å². The maximum absolute atomic E-state index is 10.2. The van der Waals surface area contributed by atoms with Gasteiger partial charge in [-0.1, -0.05) is 39.0 Å². The van der Waals surface area contributed by atoms with Gasteiger partial charge in [-0.15, -0.1) is 0 Å². The van der Waals surface area contributed by atoms with Crippen molar-refractivity contribution in [2.45, 2.75) is 103 Å². The minimum atomic E-state index is -0.305. The van der Waals surface area contributed by atoms with Gasteiger partial charge in [0.2, 0.25) is 0 Å². The standard InChI is InChI=1S/C17H35NO2/c1-6-7-8-9-10-11-14-20-18-16(2,3)13-12-15(19)17(18,4)5/h15,19H,6-14H2,1-5H3. The van der Waals surface area contributed by atoms with E-state index < -0.39 is 0 Å². The summed E-state index contributed by atoms with van der Waals surface area (Å²) in [6.07, 6.45) is 9.19. The zero-order valence-electron chi connectivity index (χ0n) is 14.2. The molecule has 1 fully saturated rings. The Morgan fingerprint density at radius 3 is 2.30 bits per heavy atom. The van der Waals surface area contributed by atoms with Crippen LogP contribution >= 0.6 is 0 Å². The van der Waals surface area contributed by atoms with Crippen LogP contribution in [0.2, 0.25) is 0 Å². The van der Waals surface area contributed by atoms with Crippen molar-refractivity contribution < 1.29 is 9.94 Å². The molecule has 0 radical (unpaired) electrons. The number of hydroxylamine groups is 2. The Morgan fingerprint density at radius 2 is 1.65 bits per heavy atom. The van der Waals surface area contributed by atoms with Crippen molar-refractivity contribution in [1.82, 2.24) is 5.06 Å². The van der Waals surface area contributed by atoms with Gasteiger partial charge >= 0.3 is 0 Å². The van der Waals surface area contributed by atoms with Crippen molar-refractivity contribution in [2.75, 3.05) is 6.61 Å². The fourth-order valence-electron chi connectivity index (χ4n) is 3.24.